The van der Waals surface area contributed by atoms with Crippen LogP contribution >= 0.6 is 0 Å². The van der Waals surface area contributed by atoms with Crippen LogP contribution < -0.4 is 0 Å². The Labute approximate surface area is 175 Å². The number of nitrogens with zero attached hydrogens (tertiary/aromatic N) is 3. The van der Waals surface area contributed by atoms with E-state index < -0.39 is 4.92 Å². The molecule has 1 aliphatic heterocycles. The normalized spacial score (nSPS) is 14.2. The van der Waals surface area contributed by atoms with Gasteiger partial charge in [-0.15, -0.1) is 0 Å². The van der Waals surface area contributed by atoms with Crippen LogP contribution in [0.4, 0.5) is 5.69 Å². The molecule has 4 rings (SSSR count). The Kier molecular flexibility index (Phi) is 6.09. The summed E-state index contributed by atoms with van der Waals surface area (Å²) in [7, 11) is 0. The third kappa shape index (κ3) is 4.36. The SMILES string of the molecule is O=C(c1cn(CCCCc2ccccc2)c2ccc([N+](=O)[O-])cc12)N1CCOCC1. The van der Waals surface area contributed by atoms with E-state index in [1.54, 1.807) is 11.0 Å². The van der Waals surface area contributed by atoms with Crippen LogP contribution in [-0.2, 0) is 17.7 Å². The highest BCUT2D eigenvalue weighted by atomic mass is 16.6. The van der Waals surface area contributed by atoms with Gasteiger partial charge < -0.3 is 14.2 Å². The fourth-order valence-corrected chi connectivity index (χ4v) is 3.95. The van der Waals surface area contributed by atoms with Gasteiger partial charge >= 0.3 is 0 Å². The van der Waals surface area contributed by atoms with E-state index in [0.29, 0.717) is 37.3 Å². The van der Waals surface area contributed by atoms with Crippen LogP contribution in [0.3, 0.4) is 0 Å². The van der Waals surface area contributed by atoms with Crippen LogP contribution in [0.2, 0.25) is 0 Å². The topological polar surface area (TPSA) is 77.6 Å². The van der Waals surface area contributed by atoms with Gasteiger partial charge in [-0.2, -0.15) is 0 Å². The minimum absolute atomic E-state index is 0.000329. The smallest absolute Gasteiger partial charge is 0.270 e. The monoisotopic (exact) mass is 407 g/mol. The number of nitro benzene ring substituents is 1. The van der Waals surface area contributed by atoms with Crippen molar-refractivity contribution in [3.63, 3.8) is 0 Å². The summed E-state index contributed by atoms with van der Waals surface area (Å²) in [6.45, 7) is 2.88. The van der Waals surface area contributed by atoms with Gasteiger partial charge in [0, 0.05) is 48.9 Å². The summed E-state index contributed by atoms with van der Waals surface area (Å²) in [5.74, 6) is -0.0909. The molecule has 2 aromatic carbocycles. The number of morpholine rings is 1. The summed E-state index contributed by atoms with van der Waals surface area (Å²) in [6.07, 6.45) is 4.85. The molecule has 156 valence electrons. The van der Waals surface area contributed by atoms with Gasteiger partial charge in [-0.25, -0.2) is 0 Å². The molecule has 0 bridgehead atoms. The summed E-state index contributed by atoms with van der Waals surface area (Å²) in [5, 5.41) is 11.9. The van der Waals surface area contributed by atoms with E-state index in [9.17, 15) is 14.9 Å². The highest BCUT2D eigenvalue weighted by molar-refractivity contribution is 6.07. The minimum Gasteiger partial charge on any atom is -0.378 e. The van der Waals surface area contributed by atoms with E-state index in [4.69, 9.17) is 4.74 Å². The molecule has 0 N–H and O–H groups in total. The minimum atomic E-state index is -0.417. The largest absolute Gasteiger partial charge is 0.378 e. The molecule has 3 aromatic rings. The molecule has 0 spiro atoms. The maximum absolute atomic E-state index is 13.1. The van der Waals surface area contributed by atoms with E-state index in [2.05, 4.69) is 16.7 Å². The van der Waals surface area contributed by atoms with Gasteiger partial charge in [0.15, 0.2) is 0 Å². The third-order valence-electron chi connectivity index (χ3n) is 5.56. The van der Waals surface area contributed by atoms with E-state index >= 15 is 0 Å². The molecule has 0 atom stereocenters. The molecule has 0 saturated carbocycles. The van der Waals surface area contributed by atoms with Crippen molar-refractivity contribution in [2.24, 2.45) is 0 Å². The Morgan fingerprint density at radius 3 is 2.57 bits per heavy atom. The van der Waals surface area contributed by atoms with Crippen molar-refractivity contribution in [3.8, 4) is 0 Å². The number of carbonyl (C=O) groups is 1. The van der Waals surface area contributed by atoms with Crippen LogP contribution in [0.1, 0.15) is 28.8 Å². The lowest BCUT2D eigenvalue weighted by molar-refractivity contribution is -0.384. The number of hydrogen-bond acceptors (Lipinski definition) is 4. The van der Waals surface area contributed by atoms with Crippen molar-refractivity contribution in [1.29, 1.82) is 0 Å². The number of carbonyl (C=O) groups excluding carboxylic acids is 1. The number of ether oxygens (including phenoxy) is 1. The molecule has 2 heterocycles. The Balaban J connectivity index is 1.56. The second-order valence-corrected chi connectivity index (χ2v) is 7.54. The summed E-state index contributed by atoms with van der Waals surface area (Å²) < 4.78 is 7.40. The molecule has 1 saturated heterocycles. The number of amides is 1. The maximum atomic E-state index is 13.1. The summed E-state index contributed by atoms with van der Waals surface area (Å²) >= 11 is 0. The molecule has 1 aliphatic rings. The number of benzene rings is 2. The first-order chi connectivity index (χ1) is 14.6. The zero-order valence-electron chi connectivity index (χ0n) is 16.8. The van der Waals surface area contributed by atoms with E-state index in [1.807, 2.05) is 24.4 Å². The number of aryl methyl sites for hydroxylation is 2. The Morgan fingerprint density at radius 1 is 1.07 bits per heavy atom. The van der Waals surface area contributed by atoms with Crippen LogP contribution in [0, 0.1) is 10.1 Å². The molecule has 7 heteroatoms. The first-order valence-electron chi connectivity index (χ1n) is 10.3. The molecule has 1 fully saturated rings. The van der Waals surface area contributed by atoms with E-state index in [1.165, 1.54) is 17.7 Å². The fourth-order valence-electron chi connectivity index (χ4n) is 3.95. The van der Waals surface area contributed by atoms with Crippen LogP contribution in [-0.4, -0.2) is 46.6 Å². The van der Waals surface area contributed by atoms with Gasteiger partial charge in [-0.05, 0) is 30.9 Å². The Hall–Kier alpha value is -3.19. The predicted octanol–water partition coefficient (Wildman–Crippen LogP) is 4.04. The fraction of sp³-hybridized carbons (Fsp3) is 0.348. The number of rotatable bonds is 7. The molecule has 0 aliphatic carbocycles. The number of aromatic nitrogens is 1. The number of hydrogen-bond donors (Lipinski definition) is 0. The van der Waals surface area contributed by atoms with Crippen molar-refractivity contribution in [1.82, 2.24) is 9.47 Å². The molecule has 1 amide bonds. The first-order valence-corrected chi connectivity index (χ1v) is 10.3. The van der Waals surface area contributed by atoms with Crippen molar-refractivity contribution in [2.75, 3.05) is 26.3 Å². The van der Waals surface area contributed by atoms with Gasteiger partial charge in [-0.3, -0.25) is 14.9 Å². The molecular weight excluding hydrogens is 382 g/mol. The van der Waals surface area contributed by atoms with Gasteiger partial charge in [0.1, 0.15) is 0 Å². The molecule has 7 nitrogen and oxygen atoms in total. The second kappa shape index (κ2) is 9.09. The molecule has 0 radical (unpaired) electrons. The summed E-state index contributed by atoms with van der Waals surface area (Å²) in [5.41, 5.74) is 2.70. The van der Waals surface area contributed by atoms with E-state index in [0.717, 1.165) is 31.3 Å². The van der Waals surface area contributed by atoms with Crippen molar-refractivity contribution in [3.05, 3.63) is 76.0 Å². The van der Waals surface area contributed by atoms with Gasteiger partial charge in [-0.1, -0.05) is 30.3 Å². The molecule has 30 heavy (non-hydrogen) atoms. The average Bonchev–Trinajstić information content (AvgIpc) is 3.15. The van der Waals surface area contributed by atoms with Gasteiger partial charge in [0.05, 0.1) is 23.7 Å². The Bertz CT molecular complexity index is 1040. The van der Waals surface area contributed by atoms with Crippen molar-refractivity contribution >= 4 is 22.5 Å². The standard InChI is InChI=1S/C23H25N3O4/c27-23(24-12-14-30-15-13-24)21-17-25(11-5-4-8-18-6-2-1-3-7-18)22-10-9-19(26(28)29)16-20(21)22/h1-3,6-7,9-10,16-17H,4-5,8,11-15H2. The molecule has 0 unspecified atom stereocenters. The highest BCUT2D eigenvalue weighted by Gasteiger charge is 2.24. The van der Waals surface area contributed by atoms with Gasteiger partial charge in [0.2, 0.25) is 0 Å². The van der Waals surface area contributed by atoms with Crippen molar-refractivity contribution in [2.45, 2.75) is 25.8 Å². The number of non-ortho nitro benzene ring substituents is 1. The lowest BCUT2D eigenvalue weighted by Crippen LogP contribution is -2.40. The first kappa shape index (κ1) is 20.1. The third-order valence-corrected chi connectivity index (χ3v) is 5.56. The lowest BCUT2D eigenvalue weighted by atomic mass is 10.1. The van der Waals surface area contributed by atoms with Crippen LogP contribution in [0.25, 0.3) is 10.9 Å². The lowest BCUT2D eigenvalue weighted by Gasteiger charge is -2.26. The summed E-state index contributed by atoms with van der Waals surface area (Å²) in [6, 6.07) is 15.1. The quantitative estimate of drug-likeness (QED) is 0.336. The van der Waals surface area contributed by atoms with Crippen LogP contribution in [0.15, 0.2) is 54.7 Å². The van der Waals surface area contributed by atoms with Crippen molar-refractivity contribution < 1.29 is 14.5 Å². The zero-order valence-corrected chi connectivity index (χ0v) is 16.8. The molecule has 1 aromatic heterocycles. The zero-order chi connectivity index (χ0) is 20.9. The number of fused-ring (bicyclic) bond motifs is 1. The predicted molar refractivity (Wildman–Crippen MR) is 115 cm³/mol. The highest BCUT2D eigenvalue weighted by Crippen LogP contribution is 2.28. The van der Waals surface area contributed by atoms with Crippen LogP contribution in [0.5, 0.6) is 0 Å². The average molecular weight is 407 g/mol. The second-order valence-electron chi connectivity index (χ2n) is 7.54. The Morgan fingerprint density at radius 2 is 1.83 bits per heavy atom. The molecular formula is C23H25N3O4. The van der Waals surface area contributed by atoms with Gasteiger partial charge in [0.25, 0.3) is 11.6 Å². The summed E-state index contributed by atoms with van der Waals surface area (Å²) in [4.78, 5) is 25.7. The van der Waals surface area contributed by atoms with E-state index in [-0.39, 0.29) is 11.6 Å². The maximum Gasteiger partial charge on any atom is 0.270 e. The number of unbranched alkanes of at least 4 members (excludes halogenated alkanes) is 1. The number of nitro groups is 1.